The number of amides is 1. The molecule has 14 heavy (non-hydrogen) atoms. The Morgan fingerprint density at radius 2 is 2.14 bits per heavy atom. The lowest BCUT2D eigenvalue weighted by Crippen LogP contribution is -2.27. The first kappa shape index (κ1) is 13.0. The number of hydrogen-bond acceptors (Lipinski definition) is 2. The topological polar surface area (TPSA) is 52.9 Å². The van der Waals surface area contributed by atoms with E-state index in [4.69, 9.17) is 5.26 Å². The van der Waals surface area contributed by atoms with Crippen molar-refractivity contribution in [3.63, 3.8) is 0 Å². The molecular weight excluding hydrogens is 176 g/mol. The van der Waals surface area contributed by atoms with Crippen LogP contribution in [0.25, 0.3) is 0 Å². The molecule has 1 atom stereocenters. The molecule has 0 radical (unpaired) electrons. The maximum atomic E-state index is 11.3. The average molecular weight is 196 g/mol. The zero-order valence-corrected chi connectivity index (χ0v) is 9.34. The molecule has 0 aromatic rings. The largest absolute Gasteiger partial charge is 0.356 e. The summed E-state index contributed by atoms with van der Waals surface area (Å²) in [4.78, 5) is 11.3. The molecule has 80 valence electrons. The molecule has 3 heteroatoms. The number of nitrogens with zero attached hydrogens (tertiary/aromatic N) is 1. The van der Waals surface area contributed by atoms with Crippen LogP contribution < -0.4 is 5.32 Å². The van der Waals surface area contributed by atoms with E-state index in [1.807, 2.05) is 6.92 Å². The number of hydrogen-bond donors (Lipinski definition) is 1. The Morgan fingerprint density at radius 1 is 1.50 bits per heavy atom. The van der Waals surface area contributed by atoms with E-state index in [1.165, 1.54) is 0 Å². The number of carbonyl (C=O) groups is 1. The summed E-state index contributed by atoms with van der Waals surface area (Å²) in [5, 5.41) is 11.5. The van der Waals surface area contributed by atoms with Gasteiger partial charge < -0.3 is 5.32 Å². The molecule has 0 aromatic carbocycles. The minimum Gasteiger partial charge on any atom is -0.356 e. The van der Waals surface area contributed by atoms with Crippen molar-refractivity contribution in [2.45, 2.75) is 40.0 Å². The Balaban J connectivity index is 3.59. The smallest absolute Gasteiger partial charge is 0.220 e. The minimum atomic E-state index is 0.0276. The van der Waals surface area contributed by atoms with Gasteiger partial charge in [0, 0.05) is 18.9 Å². The highest BCUT2D eigenvalue weighted by molar-refractivity contribution is 5.75. The summed E-state index contributed by atoms with van der Waals surface area (Å²) in [7, 11) is 0. The van der Waals surface area contributed by atoms with E-state index in [-0.39, 0.29) is 11.8 Å². The van der Waals surface area contributed by atoms with Gasteiger partial charge in [0.05, 0.1) is 6.07 Å². The minimum absolute atomic E-state index is 0.0276. The summed E-state index contributed by atoms with van der Waals surface area (Å²) in [6.45, 7) is 6.82. The third kappa shape index (κ3) is 6.47. The van der Waals surface area contributed by atoms with Crippen LogP contribution in [-0.4, -0.2) is 12.5 Å². The van der Waals surface area contributed by atoms with Crippen LogP contribution in [0.1, 0.15) is 40.0 Å². The fraction of sp³-hybridized carbons (Fsp3) is 0.818. The van der Waals surface area contributed by atoms with Gasteiger partial charge in [-0.15, -0.1) is 0 Å². The highest BCUT2D eigenvalue weighted by Crippen LogP contribution is 2.08. The standard InChI is InChI=1S/C11H20N2O/c1-4-10(7-12)5-6-11(14)13-8-9(2)3/h9-10H,4-6,8H2,1-3H3,(H,13,14). The average Bonchev–Trinajstić information content (AvgIpc) is 2.16. The summed E-state index contributed by atoms with van der Waals surface area (Å²) in [6, 6.07) is 2.19. The maximum absolute atomic E-state index is 11.3. The number of nitriles is 1. The van der Waals surface area contributed by atoms with Crippen molar-refractivity contribution in [2.75, 3.05) is 6.54 Å². The highest BCUT2D eigenvalue weighted by atomic mass is 16.1. The van der Waals surface area contributed by atoms with Crippen molar-refractivity contribution in [1.82, 2.24) is 5.32 Å². The zero-order valence-electron chi connectivity index (χ0n) is 9.34. The van der Waals surface area contributed by atoms with Gasteiger partial charge in [0.2, 0.25) is 5.91 Å². The zero-order chi connectivity index (χ0) is 11.0. The van der Waals surface area contributed by atoms with Crippen LogP contribution >= 0.6 is 0 Å². The summed E-state index contributed by atoms with van der Waals surface area (Å²) in [5.41, 5.74) is 0. The van der Waals surface area contributed by atoms with Crippen LogP contribution in [0.3, 0.4) is 0 Å². The van der Waals surface area contributed by atoms with E-state index in [0.717, 1.165) is 13.0 Å². The molecule has 0 fully saturated rings. The molecule has 0 aliphatic carbocycles. The lowest BCUT2D eigenvalue weighted by molar-refractivity contribution is -0.121. The van der Waals surface area contributed by atoms with Gasteiger partial charge in [0.25, 0.3) is 0 Å². The normalized spacial score (nSPS) is 12.2. The summed E-state index contributed by atoms with van der Waals surface area (Å²) in [5.74, 6) is 0.573. The number of carbonyl (C=O) groups excluding carboxylic acids is 1. The Morgan fingerprint density at radius 3 is 2.57 bits per heavy atom. The molecule has 0 heterocycles. The first-order chi connectivity index (χ1) is 6.60. The van der Waals surface area contributed by atoms with Gasteiger partial charge in [0.1, 0.15) is 0 Å². The Hall–Kier alpha value is -1.04. The second-order valence-corrected chi connectivity index (χ2v) is 3.97. The van der Waals surface area contributed by atoms with Gasteiger partial charge in [-0.1, -0.05) is 20.8 Å². The van der Waals surface area contributed by atoms with Crippen molar-refractivity contribution in [1.29, 1.82) is 5.26 Å². The van der Waals surface area contributed by atoms with Gasteiger partial charge in [0.15, 0.2) is 0 Å². The van der Waals surface area contributed by atoms with Gasteiger partial charge in [-0.3, -0.25) is 4.79 Å². The van der Waals surface area contributed by atoms with Crippen molar-refractivity contribution in [3.8, 4) is 6.07 Å². The molecule has 0 aliphatic heterocycles. The van der Waals surface area contributed by atoms with E-state index in [9.17, 15) is 4.79 Å². The van der Waals surface area contributed by atoms with Crippen LogP contribution in [-0.2, 0) is 4.79 Å². The summed E-state index contributed by atoms with van der Waals surface area (Å²) < 4.78 is 0. The third-order valence-electron chi connectivity index (χ3n) is 2.10. The SMILES string of the molecule is CCC(C#N)CCC(=O)NCC(C)C. The van der Waals surface area contributed by atoms with Crippen LogP contribution in [0.15, 0.2) is 0 Å². The Kier molecular flexibility index (Phi) is 6.82. The van der Waals surface area contributed by atoms with Gasteiger partial charge in [-0.05, 0) is 18.8 Å². The summed E-state index contributed by atoms with van der Waals surface area (Å²) in [6.07, 6.45) is 1.98. The van der Waals surface area contributed by atoms with Crippen LogP contribution in [0.2, 0.25) is 0 Å². The molecule has 1 amide bonds. The van der Waals surface area contributed by atoms with E-state index in [2.05, 4.69) is 25.2 Å². The second-order valence-electron chi connectivity index (χ2n) is 3.97. The lowest BCUT2D eigenvalue weighted by Gasteiger charge is -2.08. The first-order valence-corrected chi connectivity index (χ1v) is 5.26. The summed E-state index contributed by atoms with van der Waals surface area (Å²) >= 11 is 0. The van der Waals surface area contributed by atoms with E-state index < -0.39 is 0 Å². The number of nitrogens with one attached hydrogen (secondary N) is 1. The molecule has 0 saturated carbocycles. The second kappa shape index (κ2) is 7.37. The van der Waals surface area contributed by atoms with Gasteiger partial charge in [-0.2, -0.15) is 5.26 Å². The Bertz CT molecular complexity index is 206. The molecule has 3 nitrogen and oxygen atoms in total. The quantitative estimate of drug-likeness (QED) is 0.707. The monoisotopic (exact) mass is 196 g/mol. The van der Waals surface area contributed by atoms with Crippen molar-refractivity contribution >= 4 is 5.91 Å². The molecular formula is C11H20N2O. The first-order valence-electron chi connectivity index (χ1n) is 5.26. The maximum Gasteiger partial charge on any atom is 0.220 e. The van der Waals surface area contributed by atoms with Crippen molar-refractivity contribution in [2.24, 2.45) is 11.8 Å². The fourth-order valence-corrected chi connectivity index (χ4v) is 1.07. The predicted octanol–water partition coefficient (Wildman–Crippen LogP) is 2.09. The van der Waals surface area contributed by atoms with E-state index in [1.54, 1.807) is 0 Å². The predicted molar refractivity (Wildman–Crippen MR) is 56.5 cm³/mol. The molecule has 0 aromatic heterocycles. The van der Waals surface area contributed by atoms with Crippen molar-refractivity contribution in [3.05, 3.63) is 0 Å². The van der Waals surface area contributed by atoms with E-state index >= 15 is 0 Å². The van der Waals surface area contributed by atoms with E-state index in [0.29, 0.717) is 18.8 Å². The fourth-order valence-electron chi connectivity index (χ4n) is 1.07. The molecule has 1 N–H and O–H groups in total. The van der Waals surface area contributed by atoms with Crippen LogP contribution in [0.5, 0.6) is 0 Å². The lowest BCUT2D eigenvalue weighted by atomic mass is 10.0. The van der Waals surface area contributed by atoms with Crippen LogP contribution in [0.4, 0.5) is 0 Å². The Labute approximate surface area is 86.5 Å². The van der Waals surface area contributed by atoms with Crippen LogP contribution in [0, 0.1) is 23.2 Å². The molecule has 0 rings (SSSR count). The highest BCUT2D eigenvalue weighted by Gasteiger charge is 2.08. The molecule has 0 spiro atoms. The molecule has 0 aliphatic rings. The van der Waals surface area contributed by atoms with Crippen molar-refractivity contribution < 1.29 is 4.79 Å². The third-order valence-corrected chi connectivity index (χ3v) is 2.10. The number of rotatable bonds is 6. The molecule has 1 unspecified atom stereocenters. The molecule has 0 bridgehead atoms. The molecule has 0 saturated heterocycles. The van der Waals surface area contributed by atoms with Gasteiger partial charge in [-0.25, -0.2) is 0 Å². The van der Waals surface area contributed by atoms with Gasteiger partial charge >= 0.3 is 0 Å².